The molecule has 0 amide bonds. The lowest BCUT2D eigenvalue weighted by atomic mass is 10.1. The Morgan fingerprint density at radius 2 is 2.10 bits per heavy atom. The normalized spacial score (nSPS) is 11.3. The molecule has 20 heavy (non-hydrogen) atoms. The molecule has 0 radical (unpaired) electrons. The highest BCUT2D eigenvalue weighted by Crippen LogP contribution is 2.24. The smallest absolute Gasteiger partial charge is 0.262 e. The molecule has 0 aliphatic heterocycles. The maximum Gasteiger partial charge on any atom is 0.262 e. The summed E-state index contributed by atoms with van der Waals surface area (Å²) in [6.07, 6.45) is 3.58. The van der Waals surface area contributed by atoms with Crippen LogP contribution in [-0.4, -0.2) is 13.4 Å². The SMILES string of the molecule is CCc1ccc(S(=O)(=O)Nc2cnccc2Cl)cc1N. The van der Waals surface area contributed by atoms with Crippen LogP contribution in [0.3, 0.4) is 0 Å². The minimum absolute atomic E-state index is 0.0899. The van der Waals surface area contributed by atoms with Crippen molar-refractivity contribution in [1.29, 1.82) is 0 Å². The number of halogens is 1. The maximum absolute atomic E-state index is 12.3. The summed E-state index contributed by atoms with van der Waals surface area (Å²) in [5.74, 6) is 0. The molecule has 0 aliphatic rings. The molecule has 2 rings (SSSR count). The lowest BCUT2D eigenvalue weighted by Crippen LogP contribution is -2.14. The van der Waals surface area contributed by atoms with Crippen molar-refractivity contribution in [2.75, 3.05) is 10.5 Å². The van der Waals surface area contributed by atoms with Gasteiger partial charge in [0, 0.05) is 11.9 Å². The van der Waals surface area contributed by atoms with Gasteiger partial charge in [-0.2, -0.15) is 0 Å². The van der Waals surface area contributed by atoms with Crippen LogP contribution in [0.25, 0.3) is 0 Å². The van der Waals surface area contributed by atoms with Crippen molar-refractivity contribution in [2.24, 2.45) is 0 Å². The Morgan fingerprint density at radius 1 is 1.35 bits per heavy atom. The van der Waals surface area contributed by atoms with Gasteiger partial charge >= 0.3 is 0 Å². The molecular formula is C13H14ClN3O2S. The fraction of sp³-hybridized carbons (Fsp3) is 0.154. The standard InChI is InChI=1S/C13H14ClN3O2S/c1-2-9-3-4-10(7-12(9)15)20(18,19)17-13-8-16-6-5-11(13)14/h3-8,17H,2,15H2,1H3. The van der Waals surface area contributed by atoms with Crippen LogP contribution in [0.1, 0.15) is 12.5 Å². The third-order valence-corrected chi connectivity index (χ3v) is 4.51. The summed E-state index contributed by atoms with van der Waals surface area (Å²) < 4.78 is 26.9. The summed E-state index contributed by atoms with van der Waals surface area (Å²) in [5, 5.41) is 0.279. The first kappa shape index (κ1) is 14.6. The van der Waals surface area contributed by atoms with E-state index in [9.17, 15) is 8.42 Å². The summed E-state index contributed by atoms with van der Waals surface area (Å²) >= 11 is 5.91. The molecule has 0 fully saturated rings. The molecule has 5 nitrogen and oxygen atoms in total. The second kappa shape index (κ2) is 5.68. The Balaban J connectivity index is 2.36. The van der Waals surface area contributed by atoms with Gasteiger partial charge in [0.25, 0.3) is 10.0 Å². The van der Waals surface area contributed by atoms with Gasteiger partial charge in [-0.1, -0.05) is 24.6 Å². The molecule has 0 saturated heterocycles. The van der Waals surface area contributed by atoms with Crippen LogP contribution >= 0.6 is 11.6 Å². The van der Waals surface area contributed by atoms with E-state index in [1.54, 1.807) is 6.07 Å². The topological polar surface area (TPSA) is 85.1 Å². The van der Waals surface area contributed by atoms with Crippen molar-refractivity contribution >= 4 is 33.0 Å². The van der Waals surface area contributed by atoms with E-state index in [0.29, 0.717) is 5.69 Å². The van der Waals surface area contributed by atoms with Gasteiger partial charge in [0.1, 0.15) is 0 Å². The molecule has 106 valence electrons. The van der Waals surface area contributed by atoms with Crippen LogP contribution in [0.15, 0.2) is 41.6 Å². The quantitative estimate of drug-likeness (QED) is 0.850. The number of benzene rings is 1. The average Bonchev–Trinajstić information content (AvgIpc) is 2.41. The number of nitrogens with one attached hydrogen (secondary N) is 1. The second-order valence-corrected chi connectivity index (χ2v) is 6.26. The monoisotopic (exact) mass is 311 g/mol. The first-order valence-corrected chi connectivity index (χ1v) is 7.81. The van der Waals surface area contributed by atoms with Gasteiger partial charge < -0.3 is 5.73 Å². The molecule has 0 saturated carbocycles. The van der Waals surface area contributed by atoms with E-state index in [1.165, 1.54) is 30.6 Å². The zero-order chi connectivity index (χ0) is 14.8. The van der Waals surface area contributed by atoms with Gasteiger partial charge in [-0.25, -0.2) is 8.42 Å². The number of nitrogens with two attached hydrogens (primary N) is 1. The Kier molecular flexibility index (Phi) is 4.15. The number of rotatable bonds is 4. The van der Waals surface area contributed by atoms with Gasteiger partial charge in [-0.3, -0.25) is 9.71 Å². The van der Waals surface area contributed by atoms with Gasteiger partial charge in [0.15, 0.2) is 0 Å². The van der Waals surface area contributed by atoms with E-state index in [-0.39, 0.29) is 15.6 Å². The van der Waals surface area contributed by atoms with Gasteiger partial charge in [-0.05, 0) is 30.2 Å². The number of aromatic nitrogens is 1. The van der Waals surface area contributed by atoms with E-state index in [0.717, 1.165) is 12.0 Å². The minimum atomic E-state index is -3.74. The Morgan fingerprint density at radius 3 is 2.70 bits per heavy atom. The average molecular weight is 312 g/mol. The third-order valence-electron chi connectivity index (χ3n) is 2.82. The number of hydrogen-bond acceptors (Lipinski definition) is 4. The highest BCUT2D eigenvalue weighted by Gasteiger charge is 2.16. The first-order valence-electron chi connectivity index (χ1n) is 5.95. The van der Waals surface area contributed by atoms with Crippen LogP contribution < -0.4 is 10.5 Å². The fourth-order valence-electron chi connectivity index (χ4n) is 1.72. The van der Waals surface area contributed by atoms with Crippen LogP contribution in [-0.2, 0) is 16.4 Å². The van der Waals surface area contributed by atoms with Crippen molar-refractivity contribution in [3.05, 3.63) is 47.2 Å². The summed E-state index contributed by atoms with van der Waals surface area (Å²) in [5.41, 5.74) is 7.41. The highest BCUT2D eigenvalue weighted by molar-refractivity contribution is 7.92. The maximum atomic E-state index is 12.3. The summed E-state index contributed by atoms with van der Waals surface area (Å²) in [7, 11) is -3.74. The summed E-state index contributed by atoms with van der Waals surface area (Å²) in [6, 6.07) is 6.16. The van der Waals surface area contributed by atoms with Gasteiger partial charge in [0.2, 0.25) is 0 Å². The first-order chi connectivity index (χ1) is 9.44. The molecule has 1 heterocycles. The predicted octanol–water partition coefficient (Wildman–Crippen LogP) is 2.68. The van der Waals surface area contributed by atoms with Crippen molar-refractivity contribution in [1.82, 2.24) is 4.98 Å². The van der Waals surface area contributed by atoms with Crippen LogP contribution in [0.2, 0.25) is 5.02 Å². The number of pyridine rings is 1. The van der Waals surface area contributed by atoms with Crippen molar-refractivity contribution in [3.8, 4) is 0 Å². The zero-order valence-electron chi connectivity index (χ0n) is 10.8. The Bertz CT molecular complexity index is 732. The molecule has 3 N–H and O–H groups in total. The van der Waals surface area contributed by atoms with Crippen LogP contribution in [0.5, 0.6) is 0 Å². The molecule has 0 aliphatic carbocycles. The third kappa shape index (κ3) is 3.02. The van der Waals surface area contributed by atoms with E-state index < -0.39 is 10.0 Å². The van der Waals surface area contributed by atoms with E-state index in [1.807, 2.05) is 6.92 Å². The second-order valence-electron chi connectivity index (χ2n) is 4.18. The molecule has 0 atom stereocenters. The molecule has 2 aromatic rings. The summed E-state index contributed by atoms with van der Waals surface area (Å²) in [4.78, 5) is 3.92. The number of hydrogen-bond donors (Lipinski definition) is 2. The van der Waals surface area contributed by atoms with Crippen molar-refractivity contribution in [3.63, 3.8) is 0 Å². The molecule has 0 spiro atoms. The molecule has 1 aromatic carbocycles. The number of aryl methyl sites for hydroxylation is 1. The molecule has 1 aromatic heterocycles. The fourth-order valence-corrected chi connectivity index (χ4v) is 3.03. The molecule has 7 heteroatoms. The minimum Gasteiger partial charge on any atom is -0.398 e. The molecule has 0 bridgehead atoms. The number of anilines is 2. The van der Waals surface area contributed by atoms with Crippen molar-refractivity contribution in [2.45, 2.75) is 18.2 Å². The largest absolute Gasteiger partial charge is 0.398 e. The van der Waals surface area contributed by atoms with Crippen LogP contribution in [0.4, 0.5) is 11.4 Å². The number of nitrogen functional groups attached to an aromatic ring is 1. The van der Waals surface area contributed by atoms with E-state index in [4.69, 9.17) is 17.3 Å². The van der Waals surface area contributed by atoms with Crippen molar-refractivity contribution < 1.29 is 8.42 Å². The molecule has 0 unspecified atom stereocenters. The summed E-state index contributed by atoms with van der Waals surface area (Å²) in [6.45, 7) is 1.95. The van der Waals surface area contributed by atoms with E-state index in [2.05, 4.69) is 9.71 Å². The van der Waals surface area contributed by atoms with E-state index >= 15 is 0 Å². The Labute approximate surface area is 122 Å². The predicted molar refractivity (Wildman–Crippen MR) is 80.3 cm³/mol. The molecular weight excluding hydrogens is 298 g/mol. The van der Waals surface area contributed by atoms with Gasteiger partial charge in [-0.15, -0.1) is 0 Å². The van der Waals surface area contributed by atoms with Gasteiger partial charge in [0.05, 0.1) is 21.8 Å². The number of nitrogens with zero attached hydrogens (tertiary/aromatic N) is 1. The van der Waals surface area contributed by atoms with Crippen LogP contribution in [0, 0.1) is 0 Å². The lowest BCUT2D eigenvalue weighted by molar-refractivity contribution is 0.601. The Hall–Kier alpha value is -1.79. The highest BCUT2D eigenvalue weighted by atomic mass is 35.5. The zero-order valence-corrected chi connectivity index (χ0v) is 12.4. The lowest BCUT2D eigenvalue weighted by Gasteiger charge is -2.10. The number of sulfonamides is 1.